The van der Waals surface area contributed by atoms with E-state index in [1.807, 2.05) is 16.7 Å². The second-order valence-electron chi connectivity index (χ2n) is 8.83. The standard InChI is InChI=1S/C24H26N4O5/c1-16-7-9-24(10-8-16)22(31)28(23(32)26-24)14-21(30)33-15-20(29)18-13-27(12-4-11-25)19-6-3-2-5-17(18)19/h2-3,5-6,13,16H,4,7-10,12,14-15H2,1H3,(H,26,32). The summed E-state index contributed by atoms with van der Waals surface area (Å²) >= 11 is 0. The number of Topliss-reactive ketones (excluding diaryl/α,β-unsaturated/α-hetero) is 1. The lowest BCUT2D eigenvalue weighted by atomic mass is 9.77. The van der Waals surface area contributed by atoms with Crippen molar-refractivity contribution in [3.8, 4) is 6.07 Å². The minimum atomic E-state index is -0.926. The minimum Gasteiger partial charge on any atom is -0.456 e. The smallest absolute Gasteiger partial charge is 0.326 e. The van der Waals surface area contributed by atoms with Crippen LogP contribution in [-0.4, -0.2) is 51.8 Å². The van der Waals surface area contributed by atoms with Crippen LogP contribution in [0.5, 0.6) is 0 Å². The Kier molecular flexibility index (Phi) is 6.18. The predicted octanol–water partition coefficient (Wildman–Crippen LogP) is 2.78. The van der Waals surface area contributed by atoms with E-state index < -0.39 is 42.4 Å². The molecule has 4 rings (SSSR count). The number of aryl methyl sites for hydroxylation is 1. The molecule has 1 aliphatic heterocycles. The summed E-state index contributed by atoms with van der Waals surface area (Å²) in [5.74, 6) is -1.12. The van der Waals surface area contributed by atoms with Crippen molar-refractivity contribution in [2.24, 2.45) is 5.92 Å². The Morgan fingerprint density at radius 3 is 2.70 bits per heavy atom. The van der Waals surface area contributed by atoms with Crippen LogP contribution in [0, 0.1) is 17.2 Å². The topological polar surface area (TPSA) is 122 Å². The molecule has 2 aromatic rings. The van der Waals surface area contributed by atoms with Crippen LogP contribution in [0.15, 0.2) is 30.5 Å². The maximum absolute atomic E-state index is 12.9. The summed E-state index contributed by atoms with van der Waals surface area (Å²) in [7, 11) is 0. The normalized spacial score (nSPS) is 22.4. The number of nitrogens with zero attached hydrogens (tertiary/aromatic N) is 3. The number of imide groups is 1. The van der Waals surface area contributed by atoms with E-state index in [0.717, 1.165) is 23.3 Å². The molecule has 1 saturated heterocycles. The Labute approximate surface area is 191 Å². The van der Waals surface area contributed by atoms with Gasteiger partial charge in [-0.25, -0.2) is 4.79 Å². The van der Waals surface area contributed by atoms with Gasteiger partial charge >= 0.3 is 12.0 Å². The predicted molar refractivity (Wildman–Crippen MR) is 118 cm³/mol. The number of hydrogen-bond acceptors (Lipinski definition) is 6. The van der Waals surface area contributed by atoms with E-state index in [0.29, 0.717) is 42.7 Å². The van der Waals surface area contributed by atoms with Crippen LogP contribution < -0.4 is 5.32 Å². The minimum absolute atomic E-state index is 0.299. The van der Waals surface area contributed by atoms with Gasteiger partial charge in [0.05, 0.1) is 12.5 Å². The molecular formula is C24H26N4O5. The lowest BCUT2D eigenvalue weighted by Crippen LogP contribution is -2.49. The maximum Gasteiger partial charge on any atom is 0.326 e. The molecule has 0 bridgehead atoms. The molecule has 1 N–H and O–H groups in total. The summed E-state index contributed by atoms with van der Waals surface area (Å²) in [4.78, 5) is 51.3. The number of nitrogens with one attached hydrogen (secondary N) is 1. The third-order valence-electron chi connectivity index (χ3n) is 6.58. The number of ketones is 1. The fraction of sp³-hybridized carbons (Fsp3) is 0.458. The summed E-state index contributed by atoms with van der Waals surface area (Å²) < 4.78 is 6.95. The zero-order valence-electron chi connectivity index (χ0n) is 18.5. The Bertz CT molecular complexity index is 1150. The molecule has 1 aromatic heterocycles. The van der Waals surface area contributed by atoms with Crippen molar-refractivity contribution in [3.05, 3.63) is 36.0 Å². The molecule has 2 heterocycles. The van der Waals surface area contributed by atoms with Crippen LogP contribution in [-0.2, 0) is 20.9 Å². The average molecular weight is 450 g/mol. The van der Waals surface area contributed by atoms with E-state index in [1.54, 1.807) is 18.3 Å². The number of ether oxygens (including phenoxy) is 1. The number of urea groups is 1. The summed E-state index contributed by atoms with van der Waals surface area (Å²) in [6.07, 6.45) is 4.73. The van der Waals surface area contributed by atoms with Crippen molar-refractivity contribution in [1.82, 2.24) is 14.8 Å². The summed E-state index contributed by atoms with van der Waals surface area (Å²) in [5, 5.41) is 12.3. The van der Waals surface area contributed by atoms with Gasteiger partial charge in [-0.2, -0.15) is 5.26 Å². The summed E-state index contributed by atoms with van der Waals surface area (Å²) in [6.45, 7) is 1.52. The zero-order chi connectivity index (χ0) is 23.6. The second-order valence-corrected chi connectivity index (χ2v) is 8.83. The quantitative estimate of drug-likeness (QED) is 0.393. The SMILES string of the molecule is CC1CCC2(CC1)NC(=O)N(CC(=O)OCC(=O)c1cn(CCC#N)c3ccccc13)C2=O. The first-order chi connectivity index (χ1) is 15.8. The molecule has 2 fully saturated rings. The number of amides is 3. The van der Waals surface area contributed by atoms with Gasteiger partial charge in [-0.3, -0.25) is 19.3 Å². The number of fused-ring (bicyclic) bond motifs is 1. The molecule has 0 unspecified atom stereocenters. The number of para-hydroxylation sites is 1. The van der Waals surface area contributed by atoms with Crippen molar-refractivity contribution in [2.45, 2.75) is 51.1 Å². The molecule has 3 amide bonds. The fourth-order valence-corrected chi connectivity index (χ4v) is 4.64. The largest absolute Gasteiger partial charge is 0.456 e. The van der Waals surface area contributed by atoms with Gasteiger partial charge in [-0.05, 0) is 37.7 Å². The van der Waals surface area contributed by atoms with Gasteiger partial charge in [-0.1, -0.05) is 25.1 Å². The number of benzene rings is 1. The molecule has 172 valence electrons. The third-order valence-corrected chi connectivity index (χ3v) is 6.58. The Morgan fingerprint density at radius 2 is 1.97 bits per heavy atom. The van der Waals surface area contributed by atoms with Gasteiger partial charge in [0.25, 0.3) is 5.91 Å². The number of carbonyl (C=O) groups excluding carboxylic acids is 4. The van der Waals surface area contributed by atoms with E-state index in [2.05, 4.69) is 18.3 Å². The number of carbonyl (C=O) groups is 4. The van der Waals surface area contributed by atoms with Gasteiger partial charge in [0.2, 0.25) is 5.78 Å². The van der Waals surface area contributed by atoms with Gasteiger partial charge in [-0.15, -0.1) is 0 Å². The molecule has 0 radical (unpaired) electrons. The third kappa shape index (κ3) is 4.33. The Balaban J connectivity index is 1.39. The molecular weight excluding hydrogens is 424 g/mol. The maximum atomic E-state index is 12.9. The number of esters is 1. The summed E-state index contributed by atoms with van der Waals surface area (Å²) in [5.41, 5.74) is 0.278. The first-order valence-corrected chi connectivity index (χ1v) is 11.1. The molecule has 9 heteroatoms. The monoisotopic (exact) mass is 450 g/mol. The van der Waals surface area contributed by atoms with Crippen molar-refractivity contribution < 1.29 is 23.9 Å². The molecule has 9 nitrogen and oxygen atoms in total. The molecule has 33 heavy (non-hydrogen) atoms. The molecule has 1 spiro atoms. The fourth-order valence-electron chi connectivity index (χ4n) is 4.64. The Morgan fingerprint density at radius 1 is 1.24 bits per heavy atom. The first kappa shape index (κ1) is 22.5. The van der Waals surface area contributed by atoms with Crippen LogP contribution >= 0.6 is 0 Å². The number of nitriles is 1. The molecule has 0 atom stereocenters. The highest BCUT2D eigenvalue weighted by atomic mass is 16.5. The van der Waals surface area contributed by atoms with Crippen molar-refractivity contribution >= 4 is 34.6 Å². The first-order valence-electron chi connectivity index (χ1n) is 11.1. The molecule has 1 aliphatic carbocycles. The lowest BCUT2D eigenvalue weighted by Gasteiger charge is -2.33. The zero-order valence-corrected chi connectivity index (χ0v) is 18.5. The van der Waals surface area contributed by atoms with E-state index in [9.17, 15) is 19.2 Å². The van der Waals surface area contributed by atoms with E-state index in [4.69, 9.17) is 10.00 Å². The Hall–Kier alpha value is -3.67. The second kappa shape index (κ2) is 9.06. The molecule has 2 aliphatic rings. The van der Waals surface area contributed by atoms with Gasteiger partial charge < -0.3 is 14.6 Å². The van der Waals surface area contributed by atoms with E-state index in [-0.39, 0.29) is 0 Å². The number of aromatic nitrogens is 1. The van der Waals surface area contributed by atoms with Crippen LogP contribution in [0.3, 0.4) is 0 Å². The van der Waals surface area contributed by atoms with Gasteiger partial charge in [0.1, 0.15) is 12.1 Å². The molecule has 1 saturated carbocycles. The van der Waals surface area contributed by atoms with Crippen molar-refractivity contribution in [2.75, 3.05) is 13.2 Å². The molecule has 1 aromatic carbocycles. The van der Waals surface area contributed by atoms with Crippen molar-refractivity contribution in [1.29, 1.82) is 5.26 Å². The van der Waals surface area contributed by atoms with Crippen LogP contribution in [0.1, 0.15) is 49.4 Å². The average Bonchev–Trinajstić information content (AvgIpc) is 3.29. The van der Waals surface area contributed by atoms with E-state index >= 15 is 0 Å². The van der Waals surface area contributed by atoms with Crippen LogP contribution in [0.4, 0.5) is 4.79 Å². The van der Waals surface area contributed by atoms with Crippen LogP contribution in [0.2, 0.25) is 0 Å². The number of rotatable bonds is 7. The summed E-state index contributed by atoms with van der Waals surface area (Å²) in [6, 6.07) is 8.79. The van der Waals surface area contributed by atoms with Gasteiger partial charge in [0.15, 0.2) is 6.61 Å². The van der Waals surface area contributed by atoms with E-state index in [1.165, 1.54) is 0 Å². The highest BCUT2D eigenvalue weighted by molar-refractivity contribution is 6.10. The van der Waals surface area contributed by atoms with Crippen molar-refractivity contribution in [3.63, 3.8) is 0 Å². The van der Waals surface area contributed by atoms with Gasteiger partial charge in [0, 0.05) is 29.2 Å². The highest BCUT2D eigenvalue weighted by Crippen LogP contribution is 2.36. The highest BCUT2D eigenvalue weighted by Gasteiger charge is 2.52. The van der Waals surface area contributed by atoms with Crippen LogP contribution in [0.25, 0.3) is 10.9 Å². The number of hydrogen-bond donors (Lipinski definition) is 1. The lowest BCUT2D eigenvalue weighted by molar-refractivity contribution is -0.147.